The van der Waals surface area contributed by atoms with Gasteiger partial charge in [0, 0.05) is 25.0 Å². The van der Waals surface area contributed by atoms with Gasteiger partial charge in [0.05, 0.1) is 4.90 Å². The Kier molecular flexibility index (Phi) is 7.87. The van der Waals surface area contributed by atoms with Crippen molar-refractivity contribution in [2.75, 3.05) is 33.7 Å². The minimum Gasteiger partial charge on any atom is -0.353 e. The summed E-state index contributed by atoms with van der Waals surface area (Å²) in [6.45, 7) is 10.0. The first-order chi connectivity index (χ1) is 13.4. The van der Waals surface area contributed by atoms with E-state index in [0.29, 0.717) is 30.8 Å². The van der Waals surface area contributed by atoms with Gasteiger partial charge in [-0.2, -0.15) is 4.31 Å². The number of carbonyl (C=O) groups excluding carboxylic acids is 1. The topological polar surface area (TPSA) is 69.7 Å². The van der Waals surface area contributed by atoms with Crippen LogP contribution in [0.25, 0.3) is 0 Å². The maximum absolute atomic E-state index is 13.0. The molecule has 29 heavy (non-hydrogen) atoms. The number of nitrogens with zero attached hydrogens (tertiary/aromatic N) is 2. The Morgan fingerprint density at radius 2 is 1.72 bits per heavy atom. The van der Waals surface area contributed by atoms with Crippen LogP contribution in [0.2, 0.25) is 0 Å². The molecule has 0 spiro atoms. The van der Waals surface area contributed by atoms with E-state index in [4.69, 9.17) is 0 Å². The number of benzene rings is 1. The number of hydrogen-bond donors (Lipinski definition) is 1. The molecule has 1 aromatic carbocycles. The summed E-state index contributed by atoms with van der Waals surface area (Å²) in [5, 5.41) is 3.08. The highest BCUT2D eigenvalue weighted by Gasteiger charge is 2.32. The first-order valence-corrected chi connectivity index (χ1v) is 11.9. The summed E-state index contributed by atoms with van der Waals surface area (Å²) in [7, 11) is 0.512. The molecule has 0 saturated carbocycles. The summed E-state index contributed by atoms with van der Waals surface area (Å²) < 4.78 is 27.5. The van der Waals surface area contributed by atoms with Gasteiger partial charge in [-0.1, -0.05) is 32.9 Å². The molecule has 1 fully saturated rings. The first-order valence-electron chi connectivity index (χ1n) is 10.5. The maximum Gasteiger partial charge on any atom is 0.243 e. The molecule has 1 atom stereocenters. The zero-order valence-electron chi connectivity index (χ0n) is 18.7. The molecule has 0 aromatic heterocycles. The predicted octanol–water partition coefficient (Wildman–Crippen LogP) is 2.84. The van der Waals surface area contributed by atoms with Crippen LogP contribution in [0.15, 0.2) is 29.2 Å². The molecule has 1 unspecified atom stereocenters. The van der Waals surface area contributed by atoms with Gasteiger partial charge in [0.15, 0.2) is 0 Å². The highest BCUT2D eigenvalue weighted by atomic mass is 32.2. The van der Waals surface area contributed by atoms with Crippen LogP contribution >= 0.6 is 0 Å². The largest absolute Gasteiger partial charge is 0.353 e. The van der Waals surface area contributed by atoms with Crippen molar-refractivity contribution in [3.63, 3.8) is 0 Å². The van der Waals surface area contributed by atoms with Gasteiger partial charge in [0.1, 0.15) is 0 Å². The van der Waals surface area contributed by atoms with Crippen LogP contribution in [0.3, 0.4) is 0 Å². The van der Waals surface area contributed by atoms with Crippen molar-refractivity contribution in [3.8, 4) is 0 Å². The molecular weight excluding hydrogens is 386 g/mol. The van der Waals surface area contributed by atoms with Crippen LogP contribution in [-0.4, -0.2) is 63.3 Å². The quantitative estimate of drug-likeness (QED) is 0.732. The Hall–Kier alpha value is -1.44. The Morgan fingerprint density at radius 1 is 1.17 bits per heavy atom. The van der Waals surface area contributed by atoms with Crippen LogP contribution in [0, 0.1) is 5.92 Å². The van der Waals surface area contributed by atoms with E-state index in [2.05, 4.69) is 31.0 Å². The van der Waals surface area contributed by atoms with Crippen LogP contribution in [-0.2, 0) is 20.2 Å². The lowest BCUT2D eigenvalue weighted by Gasteiger charge is -2.31. The van der Waals surface area contributed by atoms with Crippen molar-refractivity contribution in [1.29, 1.82) is 0 Å². The van der Waals surface area contributed by atoms with Gasteiger partial charge in [-0.05, 0) is 69.9 Å². The van der Waals surface area contributed by atoms with Crippen LogP contribution in [0.1, 0.15) is 52.5 Å². The molecule has 2 rings (SSSR count). The van der Waals surface area contributed by atoms with E-state index in [9.17, 15) is 13.2 Å². The number of amides is 1. The molecule has 1 aliphatic heterocycles. The van der Waals surface area contributed by atoms with E-state index in [1.54, 1.807) is 12.1 Å². The molecule has 6 nitrogen and oxygen atoms in total. The average Bonchev–Trinajstić information content (AvgIpc) is 2.66. The molecule has 1 aromatic rings. The summed E-state index contributed by atoms with van der Waals surface area (Å²) in [5.41, 5.74) is 1.09. The summed E-state index contributed by atoms with van der Waals surface area (Å²) in [6.07, 6.45) is 2.02. The van der Waals surface area contributed by atoms with E-state index in [-0.39, 0.29) is 23.3 Å². The van der Waals surface area contributed by atoms with Gasteiger partial charge in [-0.3, -0.25) is 4.79 Å². The minimum absolute atomic E-state index is 0.0162. The smallest absolute Gasteiger partial charge is 0.243 e. The molecule has 1 N–H and O–H groups in total. The highest BCUT2D eigenvalue weighted by molar-refractivity contribution is 7.89. The van der Waals surface area contributed by atoms with Gasteiger partial charge < -0.3 is 10.2 Å². The van der Waals surface area contributed by atoms with Crippen molar-refractivity contribution in [1.82, 2.24) is 14.5 Å². The lowest BCUT2D eigenvalue weighted by molar-refractivity contribution is -0.126. The van der Waals surface area contributed by atoms with Crippen molar-refractivity contribution >= 4 is 15.9 Å². The van der Waals surface area contributed by atoms with Crippen molar-refractivity contribution < 1.29 is 13.2 Å². The Balaban J connectivity index is 1.93. The van der Waals surface area contributed by atoms with Crippen LogP contribution < -0.4 is 5.32 Å². The van der Waals surface area contributed by atoms with E-state index in [1.165, 1.54) is 4.31 Å². The van der Waals surface area contributed by atoms with E-state index >= 15 is 0 Å². The van der Waals surface area contributed by atoms with Gasteiger partial charge in [0.25, 0.3) is 0 Å². The lowest BCUT2D eigenvalue weighted by Crippen LogP contribution is -2.45. The van der Waals surface area contributed by atoms with E-state index in [1.807, 2.05) is 33.2 Å². The van der Waals surface area contributed by atoms with Crippen LogP contribution in [0.5, 0.6) is 0 Å². The van der Waals surface area contributed by atoms with Crippen molar-refractivity contribution in [2.45, 2.75) is 63.3 Å². The Labute approximate surface area is 176 Å². The second-order valence-electron chi connectivity index (χ2n) is 9.45. The van der Waals surface area contributed by atoms with E-state index < -0.39 is 10.0 Å². The molecule has 0 bridgehead atoms. The molecule has 1 amide bonds. The molecule has 0 aliphatic carbocycles. The fourth-order valence-corrected chi connectivity index (χ4v) is 4.99. The third kappa shape index (κ3) is 6.52. The van der Waals surface area contributed by atoms with Crippen molar-refractivity contribution in [2.24, 2.45) is 5.92 Å². The van der Waals surface area contributed by atoms with Gasteiger partial charge >= 0.3 is 0 Å². The van der Waals surface area contributed by atoms with Gasteiger partial charge in [-0.15, -0.1) is 0 Å². The predicted molar refractivity (Wildman–Crippen MR) is 117 cm³/mol. The molecule has 0 radical (unpaired) electrons. The number of rotatable bonds is 7. The molecule has 7 heteroatoms. The lowest BCUT2D eigenvalue weighted by atomic mass is 9.87. The van der Waals surface area contributed by atoms with E-state index in [0.717, 1.165) is 18.5 Å². The second kappa shape index (κ2) is 9.58. The summed E-state index contributed by atoms with van der Waals surface area (Å²) in [4.78, 5) is 14.9. The maximum atomic E-state index is 13.0. The summed E-state index contributed by atoms with van der Waals surface area (Å²) >= 11 is 0. The zero-order valence-corrected chi connectivity index (χ0v) is 19.6. The highest BCUT2D eigenvalue weighted by Crippen LogP contribution is 2.27. The Morgan fingerprint density at radius 3 is 2.21 bits per heavy atom. The summed E-state index contributed by atoms with van der Waals surface area (Å²) in [6, 6.07) is 7.29. The molecule has 1 aliphatic rings. The van der Waals surface area contributed by atoms with Gasteiger partial charge in [0.2, 0.25) is 15.9 Å². The standard InChI is InChI=1S/C22H37N3O3S/c1-17(11-14-24(5)6)23-21(26)18-12-15-25(16-13-18)29(27,28)20-9-7-19(8-10-20)22(2,3)4/h7-10,17-18H,11-16H2,1-6H3,(H,23,26). The first kappa shape index (κ1) is 23.8. The third-order valence-electron chi connectivity index (χ3n) is 5.58. The van der Waals surface area contributed by atoms with Gasteiger partial charge in [-0.25, -0.2) is 8.42 Å². The molecule has 1 heterocycles. The fraction of sp³-hybridized carbons (Fsp3) is 0.682. The van der Waals surface area contributed by atoms with Crippen molar-refractivity contribution in [3.05, 3.63) is 29.8 Å². The third-order valence-corrected chi connectivity index (χ3v) is 7.49. The monoisotopic (exact) mass is 423 g/mol. The Bertz CT molecular complexity index is 775. The molecular formula is C22H37N3O3S. The number of carbonyl (C=O) groups is 1. The summed E-state index contributed by atoms with van der Waals surface area (Å²) in [5.74, 6) is -0.0747. The normalized spacial score (nSPS) is 18.0. The second-order valence-corrected chi connectivity index (χ2v) is 11.4. The SMILES string of the molecule is CC(CCN(C)C)NC(=O)C1CCN(S(=O)(=O)c2ccc(C(C)(C)C)cc2)CC1. The molecule has 1 saturated heterocycles. The molecule has 164 valence electrons. The number of piperidine rings is 1. The zero-order chi connectivity index (χ0) is 21.8. The number of nitrogens with one attached hydrogen (secondary N) is 1. The minimum atomic E-state index is -3.52. The van der Waals surface area contributed by atoms with Crippen LogP contribution in [0.4, 0.5) is 0 Å². The number of hydrogen-bond acceptors (Lipinski definition) is 4. The number of sulfonamides is 1. The fourth-order valence-electron chi connectivity index (χ4n) is 3.52. The average molecular weight is 424 g/mol.